The standard InChI is InChI=1S/C19H26N2O3S2/c1-3-17-10-11-19(25-17)26(22,23)20-12-14-21-13-4-5-18(21)15-6-8-16(24-2)9-7-15/h6-11,18,20H,3-5,12-14H2,1-2H3. The van der Waals surface area contributed by atoms with Crippen LogP contribution in [0.15, 0.2) is 40.6 Å². The van der Waals surface area contributed by atoms with Crippen LogP contribution in [0.1, 0.15) is 36.2 Å². The largest absolute Gasteiger partial charge is 0.497 e. The number of likely N-dealkylation sites (tertiary alicyclic amines) is 1. The lowest BCUT2D eigenvalue weighted by Crippen LogP contribution is -2.34. The minimum atomic E-state index is -3.41. The fraction of sp³-hybridized carbons (Fsp3) is 0.474. The minimum Gasteiger partial charge on any atom is -0.497 e. The maximum Gasteiger partial charge on any atom is 0.250 e. The number of benzene rings is 1. The molecule has 2 aromatic rings. The number of nitrogens with one attached hydrogen (secondary N) is 1. The fourth-order valence-corrected chi connectivity index (χ4v) is 5.75. The molecule has 7 heteroatoms. The van der Waals surface area contributed by atoms with Crippen molar-refractivity contribution in [3.8, 4) is 5.75 Å². The number of aryl methyl sites for hydroxylation is 1. The third-order valence-corrected chi connectivity index (χ3v) is 7.99. The van der Waals surface area contributed by atoms with Gasteiger partial charge in [0.25, 0.3) is 0 Å². The lowest BCUT2D eigenvalue weighted by Gasteiger charge is -2.25. The van der Waals surface area contributed by atoms with Gasteiger partial charge in [-0.15, -0.1) is 11.3 Å². The summed E-state index contributed by atoms with van der Waals surface area (Å²) in [6.45, 7) is 4.16. The molecule has 0 radical (unpaired) electrons. The van der Waals surface area contributed by atoms with E-state index in [9.17, 15) is 8.42 Å². The monoisotopic (exact) mass is 394 g/mol. The van der Waals surface area contributed by atoms with Crippen LogP contribution in [-0.2, 0) is 16.4 Å². The van der Waals surface area contributed by atoms with Crippen LogP contribution in [-0.4, -0.2) is 40.1 Å². The molecule has 1 aliphatic rings. The minimum absolute atomic E-state index is 0.346. The van der Waals surface area contributed by atoms with Crippen molar-refractivity contribution in [2.24, 2.45) is 0 Å². The topological polar surface area (TPSA) is 58.6 Å². The third kappa shape index (κ3) is 4.46. The number of hydrogen-bond acceptors (Lipinski definition) is 5. The van der Waals surface area contributed by atoms with Crippen molar-refractivity contribution >= 4 is 21.4 Å². The lowest BCUT2D eigenvalue weighted by atomic mass is 10.0. The Morgan fingerprint density at radius 3 is 2.65 bits per heavy atom. The average Bonchev–Trinajstić information content (AvgIpc) is 3.31. The molecular formula is C19H26N2O3S2. The van der Waals surface area contributed by atoms with Crippen molar-refractivity contribution in [2.75, 3.05) is 26.7 Å². The Hall–Kier alpha value is -1.41. The molecule has 1 aliphatic heterocycles. The number of hydrogen-bond donors (Lipinski definition) is 1. The molecule has 1 saturated heterocycles. The second kappa shape index (κ2) is 8.52. The van der Waals surface area contributed by atoms with Crippen molar-refractivity contribution in [3.63, 3.8) is 0 Å². The van der Waals surface area contributed by atoms with E-state index in [1.807, 2.05) is 25.1 Å². The Labute approximate surface area is 160 Å². The van der Waals surface area contributed by atoms with E-state index in [0.717, 1.165) is 36.4 Å². The molecule has 3 rings (SSSR count). The Morgan fingerprint density at radius 1 is 1.23 bits per heavy atom. The molecule has 1 fully saturated rings. The summed E-state index contributed by atoms with van der Waals surface area (Å²) >= 11 is 1.35. The van der Waals surface area contributed by atoms with Crippen LogP contribution in [0.4, 0.5) is 0 Å². The van der Waals surface area contributed by atoms with Gasteiger partial charge in [-0.2, -0.15) is 0 Å². The molecule has 1 unspecified atom stereocenters. The van der Waals surface area contributed by atoms with Crippen molar-refractivity contribution in [2.45, 2.75) is 36.4 Å². The summed E-state index contributed by atoms with van der Waals surface area (Å²) in [5.74, 6) is 0.855. The SMILES string of the molecule is CCc1ccc(S(=O)(=O)NCCN2CCCC2c2ccc(OC)cc2)s1. The third-order valence-electron chi connectivity index (χ3n) is 4.81. The zero-order valence-electron chi connectivity index (χ0n) is 15.3. The molecule has 0 spiro atoms. The first-order chi connectivity index (χ1) is 12.5. The average molecular weight is 395 g/mol. The van der Waals surface area contributed by atoms with E-state index in [1.165, 1.54) is 16.9 Å². The molecule has 26 heavy (non-hydrogen) atoms. The van der Waals surface area contributed by atoms with E-state index < -0.39 is 10.0 Å². The van der Waals surface area contributed by atoms with Crippen molar-refractivity contribution in [1.82, 2.24) is 9.62 Å². The predicted molar refractivity (Wildman–Crippen MR) is 105 cm³/mol. The van der Waals surface area contributed by atoms with Crippen LogP contribution in [0, 0.1) is 0 Å². The predicted octanol–water partition coefficient (Wildman–Crippen LogP) is 3.43. The highest BCUT2D eigenvalue weighted by atomic mass is 32.2. The van der Waals surface area contributed by atoms with Crippen LogP contribution in [0.25, 0.3) is 0 Å². The second-order valence-corrected chi connectivity index (χ2v) is 9.60. The summed E-state index contributed by atoms with van der Waals surface area (Å²) < 4.78 is 33.2. The van der Waals surface area contributed by atoms with Gasteiger partial charge < -0.3 is 4.74 Å². The van der Waals surface area contributed by atoms with Gasteiger partial charge in [-0.1, -0.05) is 19.1 Å². The smallest absolute Gasteiger partial charge is 0.250 e. The Bertz CT molecular complexity index is 816. The fourth-order valence-electron chi connectivity index (χ4n) is 3.38. The van der Waals surface area contributed by atoms with E-state index in [4.69, 9.17) is 4.74 Å². The number of sulfonamides is 1. The van der Waals surface area contributed by atoms with Gasteiger partial charge >= 0.3 is 0 Å². The Balaban J connectivity index is 1.57. The molecule has 142 valence electrons. The maximum absolute atomic E-state index is 12.4. The summed E-state index contributed by atoms with van der Waals surface area (Å²) in [5.41, 5.74) is 1.26. The highest BCUT2D eigenvalue weighted by molar-refractivity contribution is 7.91. The van der Waals surface area contributed by atoms with Crippen LogP contribution in [0.5, 0.6) is 5.75 Å². The molecule has 0 amide bonds. The zero-order chi connectivity index (χ0) is 18.6. The lowest BCUT2D eigenvalue weighted by molar-refractivity contribution is 0.261. The summed E-state index contributed by atoms with van der Waals surface area (Å²) in [6.07, 6.45) is 3.09. The van der Waals surface area contributed by atoms with E-state index in [2.05, 4.69) is 21.8 Å². The first-order valence-electron chi connectivity index (χ1n) is 9.00. The van der Waals surface area contributed by atoms with Gasteiger partial charge in [0.15, 0.2) is 0 Å². The first-order valence-corrected chi connectivity index (χ1v) is 11.3. The highest BCUT2D eigenvalue weighted by Gasteiger charge is 2.26. The van der Waals surface area contributed by atoms with Gasteiger partial charge in [-0.3, -0.25) is 4.90 Å². The van der Waals surface area contributed by atoms with E-state index >= 15 is 0 Å². The van der Waals surface area contributed by atoms with Crippen molar-refractivity contribution < 1.29 is 13.2 Å². The van der Waals surface area contributed by atoms with Crippen LogP contribution in [0.3, 0.4) is 0 Å². The second-order valence-electron chi connectivity index (χ2n) is 6.44. The Morgan fingerprint density at radius 2 is 2.00 bits per heavy atom. The van der Waals surface area contributed by atoms with Gasteiger partial charge in [-0.05, 0) is 55.6 Å². The molecule has 1 aromatic heterocycles. The molecule has 0 bridgehead atoms. The highest BCUT2D eigenvalue weighted by Crippen LogP contribution is 2.32. The number of nitrogens with zero attached hydrogens (tertiary/aromatic N) is 1. The van der Waals surface area contributed by atoms with Gasteiger partial charge in [0.1, 0.15) is 9.96 Å². The molecular weight excluding hydrogens is 368 g/mol. The first kappa shape index (κ1) is 19.4. The van der Waals surface area contributed by atoms with Crippen molar-refractivity contribution in [3.05, 3.63) is 46.8 Å². The van der Waals surface area contributed by atoms with Gasteiger partial charge in [0, 0.05) is 24.0 Å². The summed E-state index contributed by atoms with van der Waals surface area (Å²) in [4.78, 5) is 3.44. The normalized spacial score (nSPS) is 18.3. The summed E-state index contributed by atoms with van der Waals surface area (Å²) in [6, 6.07) is 12.1. The molecule has 0 aliphatic carbocycles. The van der Waals surface area contributed by atoms with E-state index in [-0.39, 0.29) is 0 Å². The van der Waals surface area contributed by atoms with E-state index in [1.54, 1.807) is 13.2 Å². The molecule has 1 atom stereocenters. The molecule has 1 aromatic carbocycles. The number of methoxy groups -OCH3 is 1. The number of thiophene rings is 1. The van der Waals surface area contributed by atoms with Crippen LogP contribution in [0.2, 0.25) is 0 Å². The maximum atomic E-state index is 12.4. The summed E-state index contributed by atoms with van der Waals surface area (Å²) in [7, 11) is -1.74. The van der Waals surface area contributed by atoms with Gasteiger partial charge in [-0.25, -0.2) is 13.1 Å². The molecule has 2 heterocycles. The van der Waals surface area contributed by atoms with Gasteiger partial charge in [0.05, 0.1) is 7.11 Å². The zero-order valence-corrected chi connectivity index (χ0v) is 16.9. The van der Waals surface area contributed by atoms with Crippen molar-refractivity contribution in [1.29, 1.82) is 0 Å². The number of rotatable bonds is 8. The van der Waals surface area contributed by atoms with Crippen LogP contribution < -0.4 is 9.46 Å². The molecule has 0 saturated carbocycles. The van der Waals surface area contributed by atoms with Gasteiger partial charge in [0.2, 0.25) is 10.0 Å². The quantitative estimate of drug-likeness (QED) is 0.745. The molecule has 1 N–H and O–H groups in total. The van der Waals surface area contributed by atoms with Crippen LogP contribution >= 0.6 is 11.3 Å². The van der Waals surface area contributed by atoms with E-state index in [0.29, 0.717) is 23.3 Å². The summed E-state index contributed by atoms with van der Waals surface area (Å²) in [5, 5.41) is 0. The molecule has 5 nitrogen and oxygen atoms in total. The Kier molecular flexibility index (Phi) is 6.34. The number of ether oxygens (including phenoxy) is 1.